The first-order valence-electron chi connectivity index (χ1n) is 9.76. The van der Waals surface area contributed by atoms with E-state index in [1.54, 1.807) is 4.90 Å². The fourth-order valence-electron chi connectivity index (χ4n) is 3.71. The Kier molecular flexibility index (Phi) is 6.50. The average molecular weight is 509 g/mol. The molecule has 7 nitrogen and oxygen atoms in total. The highest BCUT2D eigenvalue weighted by atomic mass is 127. The van der Waals surface area contributed by atoms with Gasteiger partial charge >= 0.3 is 6.09 Å². The average Bonchev–Trinajstić information content (AvgIpc) is 3.07. The van der Waals surface area contributed by atoms with E-state index in [0.29, 0.717) is 26.2 Å². The molecule has 2 aliphatic heterocycles. The van der Waals surface area contributed by atoms with E-state index >= 15 is 0 Å². The summed E-state index contributed by atoms with van der Waals surface area (Å²) < 4.78 is 5.51. The molecule has 0 radical (unpaired) electrons. The number of carbonyl (C=O) groups excluding carboxylic acids is 1. The lowest BCUT2D eigenvalue weighted by Crippen LogP contribution is -2.57. The van der Waals surface area contributed by atoms with Crippen LogP contribution in [0.2, 0.25) is 0 Å². The van der Waals surface area contributed by atoms with Crippen LogP contribution in [-0.4, -0.2) is 64.7 Å². The van der Waals surface area contributed by atoms with Crippen molar-refractivity contribution in [3.8, 4) is 0 Å². The van der Waals surface area contributed by atoms with Gasteiger partial charge in [0.25, 0.3) is 0 Å². The van der Waals surface area contributed by atoms with Crippen molar-refractivity contribution in [3.05, 3.63) is 42.1 Å². The molecule has 1 atom stereocenters. The molecule has 1 aromatic heterocycles. The van der Waals surface area contributed by atoms with Gasteiger partial charge in [-0.15, -0.1) is 24.0 Å². The van der Waals surface area contributed by atoms with Crippen LogP contribution in [0.15, 0.2) is 41.5 Å². The monoisotopic (exact) mass is 509 g/mol. The zero-order valence-electron chi connectivity index (χ0n) is 17.1. The third-order valence-corrected chi connectivity index (χ3v) is 5.01. The molecule has 0 saturated carbocycles. The maximum atomic E-state index is 12.3. The van der Waals surface area contributed by atoms with Crippen molar-refractivity contribution in [3.63, 3.8) is 0 Å². The number of ether oxygens (including phenoxy) is 1. The van der Waals surface area contributed by atoms with E-state index in [2.05, 4.69) is 44.5 Å². The molecule has 1 unspecified atom stereocenters. The molecule has 1 saturated heterocycles. The highest BCUT2D eigenvalue weighted by Crippen LogP contribution is 2.20. The molecule has 0 aliphatic carbocycles. The van der Waals surface area contributed by atoms with Crippen LogP contribution in [0.25, 0.3) is 10.9 Å². The number of guanidine groups is 1. The van der Waals surface area contributed by atoms with Crippen LogP contribution in [0, 0.1) is 0 Å². The Hall–Kier alpha value is -2.10. The number of rotatable bonds is 2. The third-order valence-electron chi connectivity index (χ3n) is 5.01. The van der Waals surface area contributed by atoms with Crippen LogP contribution in [0.3, 0.4) is 0 Å². The number of carbonyl (C=O) groups is 1. The lowest BCUT2D eigenvalue weighted by molar-refractivity contribution is 0.0137. The molecule has 2 aromatic rings. The van der Waals surface area contributed by atoms with Crippen molar-refractivity contribution >= 4 is 46.9 Å². The minimum absolute atomic E-state index is 0. The Balaban J connectivity index is 0.00000240. The molecule has 8 heteroatoms. The lowest BCUT2D eigenvalue weighted by atomic mass is 10.1. The number of amides is 1. The molecule has 0 spiro atoms. The van der Waals surface area contributed by atoms with E-state index in [1.807, 2.05) is 33.0 Å². The van der Waals surface area contributed by atoms with Crippen molar-refractivity contribution in [2.24, 2.45) is 4.99 Å². The number of aliphatic imine (C=N–C) groups is 1. The fourth-order valence-corrected chi connectivity index (χ4v) is 3.71. The molecule has 1 amide bonds. The number of hydrogen-bond donors (Lipinski definition) is 1. The maximum Gasteiger partial charge on any atom is 0.410 e. The minimum atomic E-state index is -0.473. The summed E-state index contributed by atoms with van der Waals surface area (Å²) in [5.41, 5.74) is 1.69. The van der Waals surface area contributed by atoms with Gasteiger partial charge in [0.05, 0.1) is 18.1 Å². The summed E-state index contributed by atoms with van der Waals surface area (Å²) in [5, 5.41) is 4.61. The van der Waals surface area contributed by atoms with E-state index in [0.717, 1.165) is 29.0 Å². The summed E-state index contributed by atoms with van der Waals surface area (Å²) in [5.74, 6) is 0.904. The number of hydrogen-bond acceptors (Lipinski definition) is 6. The van der Waals surface area contributed by atoms with Crippen molar-refractivity contribution in [1.82, 2.24) is 20.1 Å². The van der Waals surface area contributed by atoms with Crippen LogP contribution in [-0.2, 0) is 11.3 Å². The molecule has 1 fully saturated rings. The highest BCUT2D eigenvalue weighted by molar-refractivity contribution is 14.0. The Bertz CT molecular complexity index is 906. The van der Waals surface area contributed by atoms with Gasteiger partial charge in [0.2, 0.25) is 0 Å². The second-order valence-electron chi connectivity index (χ2n) is 8.28. The molecule has 1 aromatic carbocycles. The summed E-state index contributed by atoms with van der Waals surface area (Å²) in [7, 11) is 0. The maximum absolute atomic E-state index is 12.3. The molecule has 2 aliphatic rings. The number of halogens is 1. The van der Waals surface area contributed by atoms with E-state index in [4.69, 9.17) is 4.74 Å². The number of para-hydroxylation sites is 1. The molecule has 3 heterocycles. The number of nitrogens with zero attached hydrogens (tertiary/aromatic N) is 4. The molecular weight excluding hydrogens is 481 g/mol. The molecule has 4 rings (SSSR count). The Labute approximate surface area is 188 Å². The molecule has 0 bridgehead atoms. The first-order chi connectivity index (χ1) is 13.4. The van der Waals surface area contributed by atoms with Crippen LogP contribution in [0.5, 0.6) is 0 Å². The SMILES string of the molecule is CC(C)(C)OC(=O)N1CCN2C(NCc3cccc4cccnc34)=NCC2C1.I. The number of piperazine rings is 1. The van der Waals surface area contributed by atoms with Crippen LogP contribution in [0.4, 0.5) is 4.79 Å². The van der Waals surface area contributed by atoms with Crippen molar-refractivity contribution in [1.29, 1.82) is 0 Å². The number of pyridine rings is 1. The second-order valence-corrected chi connectivity index (χ2v) is 8.28. The zero-order valence-corrected chi connectivity index (χ0v) is 19.4. The predicted octanol–water partition coefficient (Wildman–Crippen LogP) is 3.23. The van der Waals surface area contributed by atoms with E-state index in [9.17, 15) is 4.79 Å². The van der Waals surface area contributed by atoms with Crippen LogP contribution in [0.1, 0.15) is 26.3 Å². The first kappa shape index (κ1) is 21.6. The summed E-state index contributed by atoms with van der Waals surface area (Å²) in [6.45, 7) is 9.07. The van der Waals surface area contributed by atoms with Gasteiger partial charge in [0.1, 0.15) is 5.60 Å². The molecule has 29 heavy (non-hydrogen) atoms. The summed E-state index contributed by atoms with van der Waals surface area (Å²) in [6.07, 6.45) is 1.58. The van der Waals surface area contributed by atoms with E-state index in [1.165, 1.54) is 0 Å². The second kappa shape index (κ2) is 8.73. The van der Waals surface area contributed by atoms with Crippen LogP contribution >= 0.6 is 24.0 Å². The van der Waals surface area contributed by atoms with Gasteiger partial charge in [-0.2, -0.15) is 0 Å². The van der Waals surface area contributed by atoms with Crippen molar-refractivity contribution in [2.75, 3.05) is 26.2 Å². The highest BCUT2D eigenvalue weighted by Gasteiger charge is 2.36. The Morgan fingerprint density at radius 2 is 2.03 bits per heavy atom. The lowest BCUT2D eigenvalue weighted by Gasteiger charge is -2.39. The number of fused-ring (bicyclic) bond motifs is 2. The minimum Gasteiger partial charge on any atom is -0.444 e. The normalized spacial score (nSPS) is 18.7. The van der Waals surface area contributed by atoms with Crippen molar-refractivity contribution < 1.29 is 9.53 Å². The number of aromatic nitrogens is 1. The van der Waals surface area contributed by atoms with Gasteiger partial charge in [0.15, 0.2) is 5.96 Å². The van der Waals surface area contributed by atoms with Gasteiger partial charge in [-0.25, -0.2) is 4.79 Å². The largest absolute Gasteiger partial charge is 0.444 e. The standard InChI is InChI=1S/C21H27N5O2.HI/c1-21(2,3)28-20(27)25-10-11-26-17(14-25)13-24-19(26)23-12-16-7-4-6-15-8-5-9-22-18(15)16;/h4-9,17H,10-14H2,1-3H3,(H,23,24);1H. The summed E-state index contributed by atoms with van der Waals surface area (Å²) in [4.78, 5) is 25.6. The zero-order chi connectivity index (χ0) is 19.7. The molecular formula is C21H28IN5O2. The first-order valence-corrected chi connectivity index (χ1v) is 9.76. The van der Waals surface area contributed by atoms with Crippen LogP contribution < -0.4 is 5.32 Å². The Morgan fingerprint density at radius 3 is 2.83 bits per heavy atom. The predicted molar refractivity (Wildman–Crippen MR) is 125 cm³/mol. The number of benzene rings is 1. The van der Waals surface area contributed by atoms with E-state index < -0.39 is 5.60 Å². The van der Waals surface area contributed by atoms with Gasteiger partial charge < -0.3 is 19.9 Å². The molecule has 1 N–H and O–H groups in total. The molecule has 156 valence electrons. The van der Waals surface area contributed by atoms with Gasteiger partial charge in [0, 0.05) is 37.8 Å². The van der Waals surface area contributed by atoms with E-state index in [-0.39, 0.29) is 36.1 Å². The Morgan fingerprint density at radius 1 is 1.24 bits per heavy atom. The van der Waals surface area contributed by atoms with Gasteiger partial charge in [-0.3, -0.25) is 9.98 Å². The van der Waals surface area contributed by atoms with Crippen molar-refractivity contribution in [2.45, 2.75) is 39.0 Å². The quantitative estimate of drug-likeness (QED) is 0.630. The summed E-state index contributed by atoms with van der Waals surface area (Å²) >= 11 is 0. The van der Waals surface area contributed by atoms with Gasteiger partial charge in [-0.1, -0.05) is 24.3 Å². The fraction of sp³-hybridized carbons (Fsp3) is 0.476. The third kappa shape index (κ3) is 4.91. The van der Waals surface area contributed by atoms with Gasteiger partial charge in [-0.05, 0) is 32.4 Å². The topological polar surface area (TPSA) is 70.1 Å². The smallest absolute Gasteiger partial charge is 0.410 e. The summed E-state index contributed by atoms with van der Waals surface area (Å²) in [6, 6.07) is 10.5. The number of nitrogens with one attached hydrogen (secondary N) is 1.